The van der Waals surface area contributed by atoms with Crippen molar-refractivity contribution in [1.29, 1.82) is 0 Å². The monoisotopic (exact) mass is 559 g/mol. The van der Waals surface area contributed by atoms with Gasteiger partial charge in [0.25, 0.3) is 0 Å². The van der Waals surface area contributed by atoms with E-state index in [1.165, 1.54) is 6.92 Å². The molecule has 6 atom stereocenters. The van der Waals surface area contributed by atoms with E-state index >= 15 is 0 Å². The first-order valence-corrected chi connectivity index (χ1v) is 15.9. The molecule has 0 saturated heterocycles. The number of amides is 1. The molecule has 0 radical (unpaired) electrons. The number of carbonyl (C=O) groups is 6. The third kappa shape index (κ3) is 6.82. The van der Waals surface area contributed by atoms with Gasteiger partial charge in [0.1, 0.15) is 18.2 Å². The highest BCUT2D eigenvalue weighted by molar-refractivity contribution is 6.76. The summed E-state index contributed by atoms with van der Waals surface area (Å²) >= 11 is 0. The number of alkyl carbamates (subject to hydrolysis) is 1. The molecule has 38 heavy (non-hydrogen) atoms. The summed E-state index contributed by atoms with van der Waals surface area (Å²) in [4.78, 5) is 73.2. The second-order valence-electron chi connectivity index (χ2n) is 10.7. The Hall–Kier alpha value is -3.16. The number of nitrogens with one attached hydrogen (secondary N) is 1. The smallest absolute Gasteiger partial charge is 0.407 e. The van der Waals surface area contributed by atoms with Crippen molar-refractivity contribution >= 4 is 44.0 Å². The maximum absolute atomic E-state index is 13.1. The zero-order valence-corrected chi connectivity index (χ0v) is 24.0. The fourth-order valence-electron chi connectivity index (χ4n) is 5.15. The van der Waals surface area contributed by atoms with Crippen LogP contribution in [0.5, 0.6) is 0 Å². The molecule has 0 bridgehead atoms. The molecule has 0 heterocycles. The zero-order valence-electron chi connectivity index (χ0n) is 23.0. The predicted octanol–water partition coefficient (Wildman–Crippen LogP) is 1.34. The van der Waals surface area contributed by atoms with Crippen molar-refractivity contribution in [2.45, 2.75) is 83.7 Å². The molecule has 14 heteroatoms. The highest BCUT2D eigenvalue weighted by Crippen LogP contribution is 2.68. The van der Waals surface area contributed by atoms with Crippen LogP contribution in [-0.4, -0.2) is 87.2 Å². The quantitative estimate of drug-likeness (QED) is 0.219. The van der Waals surface area contributed by atoms with Crippen LogP contribution in [0.15, 0.2) is 0 Å². The number of rotatable bonds is 11. The Bertz CT molecular complexity index is 978. The van der Waals surface area contributed by atoms with E-state index in [-0.39, 0.29) is 13.2 Å². The molecule has 2 fully saturated rings. The van der Waals surface area contributed by atoms with Crippen molar-refractivity contribution in [2.24, 2.45) is 11.8 Å². The number of fused-ring (bicyclic) bond motifs is 1. The standard InChI is InChI=1S/C24H37NO12Si/c1-13(26)33-11-18-19-20(35-15(3)28)21(36-16(4)29)23(37-17(5)30,12-34-14(2)27)24(18,19)25-22(31)32-9-10-38(6,7)8/h18-21H,9-12H2,1-8H3,(H,25,31)/t18-,19+,20+,21-,23-,24-/m1/s1. The average Bonchev–Trinajstić information content (AvgIpc) is 3.32. The van der Waals surface area contributed by atoms with Gasteiger partial charge in [-0.05, 0) is 6.04 Å². The van der Waals surface area contributed by atoms with Crippen LogP contribution >= 0.6 is 0 Å². The molecular weight excluding hydrogens is 522 g/mol. The maximum Gasteiger partial charge on any atom is 0.407 e. The minimum absolute atomic E-state index is 0.113. The van der Waals surface area contributed by atoms with Gasteiger partial charge in [-0.3, -0.25) is 24.0 Å². The Morgan fingerprint density at radius 1 is 0.763 bits per heavy atom. The largest absolute Gasteiger partial charge is 0.465 e. The lowest BCUT2D eigenvalue weighted by molar-refractivity contribution is -0.213. The second-order valence-corrected chi connectivity index (χ2v) is 16.4. The van der Waals surface area contributed by atoms with Crippen LogP contribution in [0.3, 0.4) is 0 Å². The predicted molar refractivity (Wildman–Crippen MR) is 131 cm³/mol. The maximum atomic E-state index is 13.1. The van der Waals surface area contributed by atoms with Gasteiger partial charge in [-0.2, -0.15) is 0 Å². The molecule has 0 unspecified atom stereocenters. The molecule has 2 aliphatic rings. The van der Waals surface area contributed by atoms with Gasteiger partial charge in [-0.1, -0.05) is 19.6 Å². The van der Waals surface area contributed by atoms with E-state index in [0.29, 0.717) is 6.04 Å². The summed E-state index contributed by atoms with van der Waals surface area (Å²) < 4.78 is 32.6. The molecule has 2 saturated carbocycles. The first-order valence-electron chi connectivity index (χ1n) is 12.2. The zero-order chi connectivity index (χ0) is 29.1. The van der Waals surface area contributed by atoms with E-state index in [2.05, 4.69) is 25.0 Å². The van der Waals surface area contributed by atoms with E-state index in [4.69, 9.17) is 28.4 Å². The Morgan fingerprint density at radius 2 is 1.34 bits per heavy atom. The molecule has 214 valence electrons. The number of carbonyl (C=O) groups excluding carboxylic acids is 6. The fourth-order valence-corrected chi connectivity index (χ4v) is 5.86. The molecule has 0 aromatic carbocycles. The van der Waals surface area contributed by atoms with E-state index < -0.39 is 85.8 Å². The third-order valence-corrected chi connectivity index (χ3v) is 8.22. The lowest BCUT2D eigenvalue weighted by Crippen LogP contribution is -2.67. The second kappa shape index (κ2) is 11.7. The first-order chi connectivity index (χ1) is 17.5. The van der Waals surface area contributed by atoms with Gasteiger partial charge in [0.2, 0.25) is 5.60 Å². The Balaban J connectivity index is 2.65. The van der Waals surface area contributed by atoms with Crippen LogP contribution in [0.2, 0.25) is 25.7 Å². The van der Waals surface area contributed by atoms with Gasteiger partial charge in [0, 0.05) is 54.5 Å². The third-order valence-electron chi connectivity index (χ3n) is 6.52. The molecule has 1 N–H and O–H groups in total. The molecule has 2 rings (SSSR count). The summed E-state index contributed by atoms with van der Waals surface area (Å²) in [6.07, 6.45) is -3.62. The lowest BCUT2D eigenvalue weighted by atomic mass is 9.86. The highest BCUT2D eigenvalue weighted by Gasteiger charge is 2.90. The Kier molecular flexibility index (Phi) is 9.56. The van der Waals surface area contributed by atoms with Gasteiger partial charge in [0.15, 0.2) is 6.10 Å². The number of ether oxygens (including phenoxy) is 6. The summed E-state index contributed by atoms with van der Waals surface area (Å²) in [6.45, 7) is 11.1. The van der Waals surface area contributed by atoms with Crippen LogP contribution in [0.4, 0.5) is 4.79 Å². The average molecular weight is 560 g/mol. The fraction of sp³-hybridized carbons (Fsp3) is 0.750. The first kappa shape index (κ1) is 31.1. The van der Waals surface area contributed by atoms with Crippen LogP contribution in [-0.2, 0) is 52.4 Å². The van der Waals surface area contributed by atoms with E-state index in [9.17, 15) is 28.8 Å². The molecule has 13 nitrogen and oxygen atoms in total. The van der Waals surface area contributed by atoms with Gasteiger partial charge in [-0.25, -0.2) is 4.79 Å². The van der Waals surface area contributed by atoms with Gasteiger partial charge >= 0.3 is 35.9 Å². The van der Waals surface area contributed by atoms with Crippen LogP contribution in [0, 0.1) is 11.8 Å². The van der Waals surface area contributed by atoms with Gasteiger partial charge in [-0.15, -0.1) is 0 Å². The minimum Gasteiger partial charge on any atom is -0.465 e. The molecule has 2 aliphatic carbocycles. The lowest BCUT2D eigenvalue weighted by Gasteiger charge is -2.42. The van der Waals surface area contributed by atoms with Crippen LogP contribution < -0.4 is 5.32 Å². The van der Waals surface area contributed by atoms with Gasteiger partial charge < -0.3 is 33.7 Å². The van der Waals surface area contributed by atoms with Crippen molar-refractivity contribution in [3.63, 3.8) is 0 Å². The van der Waals surface area contributed by atoms with Crippen molar-refractivity contribution < 1.29 is 57.2 Å². The molecular formula is C24H37NO12Si. The molecule has 0 spiro atoms. The van der Waals surface area contributed by atoms with Crippen LogP contribution in [0.25, 0.3) is 0 Å². The van der Waals surface area contributed by atoms with Crippen molar-refractivity contribution in [2.75, 3.05) is 19.8 Å². The molecule has 1 amide bonds. The van der Waals surface area contributed by atoms with Crippen molar-refractivity contribution in [3.8, 4) is 0 Å². The highest BCUT2D eigenvalue weighted by atomic mass is 28.3. The molecule has 0 aromatic heterocycles. The summed E-state index contributed by atoms with van der Waals surface area (Å²) in [7, 11) is -1.55. The molecule has 0 aliphatic heterocycles. The summed E-state index contributed by atoms with van der Waals surface area (Å²) in [6, 6.07) is 0.669. The Morgan fingerprint density at radius 3 is 1.82 bits per heavy atom. The SMILES string of the molecule is CC(=O)OC[C@@H]1[C@H]2[C@H](OC(C)=O)[C@@H](OC(C)=O)[C@@](COC(C)=O)(OC(C)=O)[C@]21NC(=O)OCC[Si](C)(C)C. The van der Waals surface area contributed by atoms with E-state index in [1.807, 2.05) is 0 Å². The van der Waals surface area contributed by atoms with Crippen molar-refractivity contribution in [3.05, 3.63) is 0 Å². The number of esters is 5. The van der Waals surface area contributed by atoms with E-state index in [0.717, 1.165) is 27.7 Å². The molecule has 0 aromatic rings. The topological polar surface area (TPSA) is 170 Å². The van der Waals surface area contributed by atoms with E-state index in [1.54, 1.807) is 0 Å². The van der Waals surface area contributed by atoms with Crippen LogP contribution in [0.1, 0.15) is 34.6 Å². The van der Waals surface area contributed by atoms with Crippen molar-refractivity contribution in [1.82, 2.24) is 5.32 Å². The number of hydrogen-bond acceptors (Lipinski definition) is 12. The summed E-state index contributed by atoms with van der Waals surface area (Å²) in [5, 5.41) is 2.73. The normalized spacial score (nSPS) is 29.3. The summed E-state index contributed by atoms with van der Waals surface area (Å²) in [5.41, 5.74) is -3.70. The summed E-state index contributed by atoms with van der Waals surface area (Å²) in [5.74, 6) is -5.45. The minimum atomic E-state index is -2.05. The number of hydrogen-bond donors (Lipinski definition) is 1. The Labute approximate surface area is 222 Å². The van der Waals surface area contributed by atoms with Gasteiger partial charge in [0.05, 0.1) is 13.2 Å².